The second-order valence-corrected chi connectivity index (χ2v) is 8.86. The lowest BCUT2D eigenvalue weighted by Gasteiger charge is -2.25. The van der Waals surface area contributed by atoms with Crippen molar-refractivity contribution in [3.63, 3.8) is 0 Å². The summed E-state index contributed by atoms with van der Waals surface area (Å²) in [6.45, 7) is 9.11. The number of hydrogen-bond donors (Lipinski definition) is 2. The summed E-state index contributed by atoms with van der Waals surface area (Å²) >= 11 is 1.67. The van der Waals surface area contributed by atoms with Crippen LogP contribution < -0.4 is 5.56 Å². The molecule has 0 saturated heterocycles. The van der Waals surface area contributed by atoms with E-state index in [0.717, 1.165) is 42.4 Å². The molecule has 2 aromatic rings. The third kappa shape index (κ3) is 5.16. The Hall–Kier alpha value is -1.28. The molecule has 0 unspecified atom stereocenters. The Balaban J connectivity index is 1.76. The molecule has 0 radical (unpaired) electrons. The first-order valence-electron chi connectivity index (χ1n) is 9.99. The fourth-order valence-electron chi connectivity index (χ4n) is 3.61. The molecule has 0 fully saturated rings. The van der Waals surface area contributed by atoms with Crippen molar-refractivity contribution in [3.05, 3.63) is 26.6 Å². The molecule has 1 aliphatic carbocycles. The number of aromatic amines is 1. The Labute approximate surface area is 164 Å². The van der Waals surface area contributed by atoms with Crippen LogP contribution >= 0.6 is 11.3 Å². The van der Waals surface area contributed by atoms with E-state index < -0.39 is 6.10 Å². The number of rotatable bonds is 10. The SMILES string of the molecule is CCOC[C@@H](O)CN(CCC(C)C)Cc1nc2sc3c(c2c(=O)[nH]1)CCC3. The third-order valence-electron chi connectivity index (χ3n) is 5.00. The summed E-state index contributed by atoms with van der Waals surface area (Å²) in [4.78, 5) is 24.7. The molecule has 0 spiro atoms. The van der Waals surface area contributed by atoms with E-state index >= 15 is 0 Å². The van der Waals surface area contributed by atoms with Gasteiger partial charge in [-0.05, 0) is 50.6 Å². The van der Waals surface area contributed by atoms with Gasteiger partial charge in [-0.2, -0.15) is 0 Å². The van der Waals surface area contributed by atoms with E-state index in [0.29, 0.717) is 38.0 Å². The molecule has 2 heterocycles. The molecule has 3 rings (SSSR count). The summed E-state index contributed by atoms with van der Waals surface area (Å²) < 4.78 is 5.34. The first-order chi connectivity index (χ1) is 13.0. The highest BCUT2D eigenvalue weighted by atomic mass is 32.1. The minimum absolute atomic E-state index is 0.0203. The van der Waals surface area contributed by atoms with Crippen LogP contribution in [0.15, 0.2) is 4.79 Å². The molecule has 7 heteroatoms. The maximum absolute atomic E-state index is 12.7. The normalized spacial score (nSPS) is 15.2. The molecule has 27 heavy (non-hydrogen) atoms. The van der Waals surface area contributed by atoms with Crippen LogP contribution in [0.4, 0.5) is 0 Å². The molecule has 2 N–H and O–H groups in total. The monoisotopic (exact) mass is 393 g/mol. The van der Waals surface area contributed by atoms with Crippen LogP contribution in [0.5, 0.6) is 0 Å². The van der Waals surface area contributed by atoms with Gasteiger partial charge in [-0.15, -0.1) is 11.3 Å². The fraction of sp³-hybridized carbons (Fsp3) is 0.700. The predicted octanol–water partition coefficient (Wildman–Crippen LogP) is 2.72. The van der Waals surface area contributed by atoms with E-state index in [-0.39, 0.29) is 5.56 Å². The number of hydrogen-bond acceptors (Lipinski definition) is 6. The molecular weight excluding hydrogens is 362 g/mol. The van der Waals surface area contributed by atoms with Crippen LogP contribution in [0.25, 0.3) is 10.2 Å². The Kier molecular flexibility index (Phi) is 7.03. The van der Waals surface area contributed by atoms with E-state index in [1.165, 1.54) is 10.4 Å². The number of H-pyrrole nitrogens is 1. The van der Waals surface area contributed by atoms with Crippen LogP contribution in [0.2, 0.25) is 0 Å². The van der Waals surface area contributed by atoms with Gasteiger partial charge in [0.2, 0.25) is 0 Å². The zero-order chi connectivity index (χ0) is 19.4. The Morgan fingerprint density at radius 2 is 2.19 bits per heavy atom. The smallest absolute Gasteiger partial charge is 0.259 e. The lowest BCUT2D eigenvalue weighted by atomic mass is 10.1. The van der Waals surface area contributed by atoms with Crippen LogP contribution in [0.1, 0.15) is 49.9 Å². The highest BCUT2D eigenvalue weighted by Crippen LogP contribution is 2.34. The van der Waals surface area contributed by atoms with Crippen molar-refractivity contribution in [2.45, 2.75) is 59.1 Å². The molecule has 1 aliphatic rings. The van der Waals surface area contributed by atoms with Crippen LogP contribution in [-0.4, -0.2) is 52.4 Å². The fourth-order valence-corrected chi connectivity index (χ4v) is 4.89. The maximum Gasteiger partial charge on any atom is 0.259 e. The Morgan fingerprint density at radius 3 is 2.93 bits per heavy atom. The highest BCUT2D eigenvalue weighted by molar-refractivity contribution is 7.18. The highest BCUT2D eigenvalue weighted by Gasteiger charge is 2.22. The second kappa shape index (κ2) is 9.28. The molecule has 6 nitrogen and oxygen atoms in total. The minimum atomic E-state index is -0.543. The van der Waals surface area contributed by atoms with Gasteiger partial charge in [-0.1, -0.05) is 13.8 Å². The van der Waals surface area contributed by atoms with Crippen molar-refractivity contribution < 1.29 is 9.84 Å². The van der Waals surface area contributed by atoms with Crippen molar-refractivity contribution in [2.24, 2.45) is 5.92 Å². The third-order valence-corrected chi connectivity index (χ3v) is 6.19. The van der Waals surface area contributed by atoms with Crippen LogP contribution in [0.3, 0.4) is 0 Å². The van der Waals surface area contributed by atoms with E-state index in [2.05, 4.69) is 23.7 Å². The summed E-state index contributed by atoms with van der Waals surface area (Å²) in [5, 5.41) is 11.0. The average molecular weight is 394 g/mol. The van der Waals surface area contributed by atoms with Crippen LogP contribution in [-0.2, 0) is 24.1 Å². The van der Waals surface area contributed by atoms with Crippen molar-refractivity contribution >= 4 is 21.6 Å². The molecule has 0 bridgehead atoms. The van der Waals surface area contributed by atoms with E-state index in [1.807, 2.05) is 6.92 Å². The average Bonchev–Trinajstić information content (AvgIpc) is 3.18. The van der Waals surface area contributed by atoms with Gasteiger partial charge in [0.05, 0.1) is 24.6 Å². The zero-order valence-corrected chi connectivity index (χ0v) is 17.4. The molecule has 1 atom stereocenters. The molecule has 0 aromatic carbocycles. The van der Waals surface area contributed by atoms with Gasteiger partial charge in [0.15, 0.2) is 0 Å². The molecule has 150 valence electrons. The van der Waals surface area contributed by atoms with Crippen LogP contribution in [0, 0.1) is 5.92 Å². The molecule has 2 aromatic heterocycles. The number of ether oxygens (including phenoxy) is 1. The predicted molar refractivity (Wildman–Crippen MR) is 109 cm³/mol. The zero-order valence-electron chi connectivity index (χ0n) is 16.6. The van der Waals surface area contributed by atoms with Gasteiger partial charge in [-0.25, -0.2) is 4.98 Å². The number of nitrogens with one attached hydrogen (secondary N) is 1. The first kappa shape index (κ1) is 20.5. The van der Waals surface area contributed by atoms with Gasteiger partial charge < -0.3 is 14.8 Å². The van der Waals surface area contributed by atoms with Gasteiger partial charge in [0.1, 0.15) is 10.7 Å². The number of aliphatic hydroxyl groups excluding tert-OH is 1. The molecule has 0 aliphatic heterocycles. The Morgan fingerprint density at radius 1 is 1.37 bits per heavy atom. The van der Waals surface area contributed by atoms with Gasteiger partial charge >= 0.3 is 0 Å². The summed E-state index contributed by atoms with van der Waals surface area (Å²) in [5.41, 5.74) is 1.19. The summed E-state index contributed by atoms with van der Waals surface area (Å²) in [7, 11) is 0. The van der Waals surface area contributed by atoms with E-state index in [9.17, 15) is 9.90 Å². The number of thiophene rings is 1. The lowest BCUT2D eigenvalue weighted by Crippen LogP contribution is -2.36. The van der Waals surface area contributed by atoms with E-state index in [4.69, 9.17) is 9.72 Å². The van der Waals surface area contributed by atoms with Crippen molar-refractivity contribution in [1.29, 1.82) is 0 Å². The number of fused-ring (bicyclic) bond motifs is 3. The number of aliphatic hydroxyl groups is 1. The lowest BCUT2D eigenvalue weighted by molar-refractivity contribution is 0.0183. The van der Waals surface area contributed by atoms with Crippen molar-refractivity contribution in [3.8, 4) is 0 Å². The van der Waals surface area contributed by atoms with Crippen molar-refractivity contribution in [1.82, 2.24) is 14.9 Å². The summed E-state index contributed by atoms with van der Waals surface area (Å²) in [6.07, 6.45) is 3.68. The summed E-state index contributed by atoms with van der Waals surface area (Å²) in [5.74, 6) is 1.26. The van der Waals surface area contributed by atoms with Crippen molar-refractivity contribution in [2.75, 3.05) is 26.3 Å². The van der Waals surface area contributed by atoms with Gasteiger partial charge in [0, 0.05) is 18.0 Å². The molecule has 0 saturated carbocycles. The van der Waals surface area contributed by atoms with E-state index in [1.54, 1.807) is 11.3 Å². The Bertz CT molecular complexity index is 815. The number of aromatic nitrogens is 2. The first-order valence-corrected chi connectivity index (χ1v) is 10.8. The number of aryl methyl sites for hydroxylation is 2. The molecule has 0 amide bonds. The topological polar surface area (TPSA) is 78.5 Å². The molecular formula is C20H31N3O3S. The quantitative estimate of drug-likeness (QED) is 0.649. The maximum atomic E-state index is 12.7. The second-order valence-electron chi connectivity index (χ2n) is 7.78. The minimum Gasteiger partial charge on any atom is -0.389 e. The van der Waals surface area contributed by atoms with Gasteiger partial charge in [-0.3, -0.25) is 9.69 Å². The standard InChI is InChI=1S/C20H31N3O3S/c1-4-26-12-14(24)10-23(9-8-13(2)3)11-17-21-19(25)18-15-6-5-7-16(15)27-20(18)22-17/h13-14,24H,4-12H2,1-3H3,(H,21,22,25)/t14-/m0/s1. The number of nitrogens with zero attached hydrogens (tertiary/aromatic N) is 2. The van der Waals surface area contributed by atoms with Gasteiger partial charge in [0.25, 0.3) is 5.56 Å². The summed E-state index contributed by atoms with van der Waals surface area (Å²) in [6, 6.07) is 0. The largest absolute Gasteiger partial charge is 0.389 e.